The summed E-state index contributed by atoms with van der Waals surface area (Å²) in [6.45, 7) is 0. The van der Waals surface area contributed by atoms with E-state index in [2.05, 4.69) is 0 Å². The van der Waals surface area contributed by atoms with Crippen molar-refractivity contribution in [2.24, 2.45) is 0 Å². The van der Waals surface area contributed by atoms with Gasteiger partial charge in [-0.25, -0.2) is 16.8 Å². The third kappa shape index (κ3) is 2.78. The third-order valence-corrected chi connectivity index (χ3v) is 9.35. The zero-order chi connectivity index (χ0) is 18.2. The molecular weight excluding hydrogens is 384 g/mol. The van der Waals surface area contributed by atoms with E-state index in [9.17, 15) is 16.8 Å². The average Bonchev–Trinajstić information content (AvgIpc) is 2.60. The third-order valence-electron chi connectivity index (χ3n) is 3.73. The number of halogens is 1. The van der Waals surface area contributed by atoms with Crippen LogP contribution in [0.25, 0.3) is 10.8 Å². The van der Waals surface area contributed by atoms with Crippen LogP contribution in [-0.2, 0) is 17.7 Å². The summed E-state index contributed by atoms with van der Waals surface area (Å²) in [5.74, 6) is 0.449. The van der Waals surface area contributed by atoms with E-state index in [1.54, 1.807) is 18.2 Å². The summed E-state index contributed by atoms with van der Waals surface area (Å²) in [4.78, 5) is -0.764. The topological polar surface area (TPSA) is 77.5 Å². The molecule has 0 unspecified atom stereocenters. The number of fused-ring (bicyclic) bond motifs is 1. The van der Waals surface area contributed by atoms with Crippen molar-refractivity contribution in [3.05, 3.63) is 65.7 Å². The minimum absolute atomic E-state index is 0.149. The summed E-state index contributed by atoms with van der Waals surface area (Å²) >= 11 is 5.90. The highest BCUT2D eigenvalue weighted by Gasteiger charge is 2.36. The van der Waals surface area contributed by atoms with Crippen molar-refractivity contribution in [3.8, 4) is 5.75 Å². The lowest BCUT2D eigenvalue weighted by atomic mass is 10.1. The Morgan fingerprint density at radius 1 is 0.720 bits per heavy atom. The predicted molar refractivity (Wildman–Crippen MR) is 96.3 cm³/mol. The lowest BCUT2D eigenvalue weighted by Gasteiger charge is -2.12. The van der Waals surface area contributed by atoms with E-state index < -0.39 is 22.6 Å². The Morgan fingerprint density at radius 2 is 1.28 bits per heavy atom. The zero-order valence-electron chi connectivity index (χ0n) is 13.0. The molecule has 0 fully saturated rings. The number of rotatable bonds is 4. The van der Waals surface area contributed by atoms with Gasteiger partial charge in [0.2, 0.25) is 0 Å². The van der Waals surface area contributed by atoms with Gasteiger partial charge in [0.05, 0.1) is 17.0 Å². The summed E-state index contributed by atoms with van der Waals surface area (Å²) < 4.78 is 56.6. The predicted octanol–water partition coefficient (Wildman–Crippen LogP) is 3.66. The molecule has 5 nitrogen and oxygen atoms in total. The van der Waals surface area contributed by atoms with Crippen LogP contribution in [0.2, 0.25) is 5.02 Å². The molecule has 0 aliphatic heterocycles. The molecule has 3 aromatic rings. The maximum Gasteiger partial charge on any atom is 0.287 e. The monoisotopic (exact) mass is 396 g/mol. The van der Waals surface area contributed by atoms with Gasteiger partial charge in [0.1, 0.15) is 10.6 Å². The van der Waals surface area contributed by atoms with Gasteiger partial charge >= 0.3 is 0 Å². The summed E-state index contributed by atoms with van der Waals surface area (Å²) in [6.07, 6.45) is 0. The lowest BCUT2D eigenvalue weighted by molar-refractivity contribution is 0.419. The van der Waals surface area contributed by atoms with Crippen LogP contribution in [0.1, 0.15) is 0 Å². The van der Waals surface area contributed by atoms with Crippen molar-refractivity contribution < 1.29 is 21.6 Å². The van der Waals surface area contributed by atoms with Gasteiger partial charge in [0.25, 0.3) is 17.7 Å². The second-order valence-corrected chi connectivity index (χ2v) is 10.9. The molecule has 8 heteroatoms. The molecule has 0 saturated heterocycles. The Labute approximate surface area is 150 Å². The van der Waals surface area contributed by atoms with Crippen LogP contribution in [0.5, 0.6) is 5.75 Å². The molecule has 0 amide bonds. The number of hydrogen-bond donors (Lipinski definition) is 0. The number of hydrogen-bond acceptors (Lipinski definition) is 5. The van der Waals surface area contributed by atoms with Crippen LogP contribution in [0.3, 0.4) is 0 Å². The fourth-order valence-electron chi connectivity index (χ4n) is 2.52. The fraction of sp³-hybridized carbons (Fsp3) is 0.0588. The smallest absolute Gasteiger partial charge is 0.287 e. The Hall–Kier alpha value is -2.09. The van der Waals surface area contributed by atoms with Gasteiger partial charge < -0.3 is 4.74 Å². The Morgan fingerprint density at radius 3 is 1.92 bits per heavy atom. The maximum atomic E-state index is 12.9. The summed E-state index contributed by atoms with van der Waals surface area (Å²) in [6, 6.07) is 14.6. The average molecular weight is 397 g/mol. The van der Waals surface area contributed by atoms with E-state index in [1.807, 2.05) is 0 Å². The maximum absolute atomic E-state index is 12.9. The molecule has 0 radical (unpaired) electrons. The van der Waals surface area contributed by atoms with Crippen LogP contribution >= 0.6 is 11.6 Å². The quantitative estimate of drug-likeness (QED) is 0.629. The van der Waals surface area contributed by atoms with E-state index in [-0.39, 0.29) is 15.3 Å². The lowest BCUT2D eigenvalue weighted by Crippen LogP contribution is -2.17. The molecule has 130 valence electrons. The van der Waals surface area contributed by atoms with Gasteiger partial charge in [-0.2, -0.15) is 0 Å². The Bertz CT molecular complexity index is 1170. The standard InChI is InChI=1S/C17H13ClO5S2/c1-23-15-10-11-16(13-7-3-2-6-12(13)15)24(19,20)25(21,22)17-9-5-4-8-14(17)18/h2-11H,1H3. The van der Waals surface area contributed by atoms with Gasteiger partial charge in [-0.05, 0) is 24.3 Å². The first-order valence-corrected chi connectivity index (χ1v) is 11.0. The second kappa shape index (κ2) is 6.33. The molecule has 3 aromatic carbocycles. The van der Waals surface area contributed by atoms with E-state index in [0.29, 0.717) is 11.1 Å². The van der Waals surface area contributed by atoms with Crippen LogP contribution < -0.4 is 4.74 Å². The molecule has 0 bridgehead atoms. The van der Waals surface area contributed by atoms with Gasteiger partial charge in [0, 0.05) is 10.8 Å². The Balaban J connectivity index is 2.33. The molecule has 0 aromatic heterocycles. The molecule has 0 aliphatic rings. The number of ether oxygens (including phenoxy) is 1. The molecule has 25 heavy (non-hydrogen) atoms. The molecule has 0 saturated carbocycles. The molecule has 3 rings (SSSR count). The van der Waals surface area contributed by atoms with Crippen molar-refractivity contribution >= 4 is 40.1 Å². The molecular formula is C17H13ClO5S2. The largest absolute Gasteiger partial charge is 0.496 e. The first kappa shape index (κ1) is 17.7. The molecule has 0 atom stereocenters. The van der Waals surface area contributed by atoms with Crippen LogP contribution in [0.15, 0.2) is 70.5 Å². The van der Waals surface area contributed by atoms with E-state index in [4.69, 9.17) is 16.3 Å². The summed E-state index contributed by atoms with van der Waals surface area (Å²) in [5.41, 5.74) is 0. The Kier molecular flexibility index (Phi) is 4.49. The fourth-order valence-corrected chi connectivity index (χ4v) is 7.10. The second-order valence-electron chi connectivity index (χ2n) is 5.15. The van der Waals surface area contributed by atoms with Crippen molar-refractivity contribution in [1.82, 2.24) is 0 Å². The van der Waals surface area contributed by atoms with Crippen molar-refractivity contribution in [3.63, 3.8) is 0 Å². The summed E-state index contributed by atoms with van der Waals surface area (Å²) in [7, 11) is -8.01. The van der Waals surface area contributed by atoms with Crippen LogP contribution in [-0.4, -0.2) is 23.9 Å². The molecule has 0 spiro atoms. The normalized spacial score (nSPS) is 12.2. The SMILES string of the molecule is COc1ccc(S(=O)(=O)S(=O)(=O)c2ccccc2Cl)c2ccccc12. The first-order chi connectivity index (χ1) is 11.8. The highest BCUT2D eigenvalue weighted by molar-refractivity contribution is 8.67. The van der Waals surface area contributed by atoms with E-state index in [0.717, 1.165) is 0 Å². The van der Waals surface area contributed by atoms with Crippen molar-refractivity contribution in [2.75, 3.05) is 7.11 Å². The van der Waals surface area contributed by atoms with Crippen molar-refractivity contribution in [2.45, 2.75) is 9.79 Å². The minimum Gasteiger partial charge on any atom is -0.496 e. The van der Waals surface area contributed by atoms with Gasteiger partial charge in [-0.15, -0.1) is 0 Å². The van der Waals surface area contributed by atoms with Gasteiger partial charge in [-0.1, -0.05) is 48.0 Å². The van der Waals surface area contributed by atoms with E-state index >= 15 is 0 Å². The molecule has 0 heterocycles. The van der Waals surface area contributed by atoms with Gasteiger partial charge in [0.15, 0.2) is 0 Å². The highest BCUT2D eigenvalue weighted by Crippen LogP contribution is 2.36. The van der Waals surface area contributed by atoms with Gasteiger partial charge in [-0.3, -0.25) is 0 Å². The zero-order valence-corrected chi connectivity index (χ0v) is 15.4. The number of benzene rings is 3. The number of methoxy groups -OCH3 is 1. The van der Waals surface area contributed by atoms with E-state index in [1.165, 1.54) is 49.6 Å². The first-order valence-electron chi connectivity index (χ1n) is 7.11. The minimum atomic E-state index is -4.73. The molecule has 0 aliphatic carbocycles. The van der Waals surface area contributed by atoms with Crippen LogP contribution in [0.4, 0.5) is 0 Å². The van der Waals surface area contributed by atoms with Crippen LogP contribution in [0, 0.1) is 0 Å². The van der Waals surface area contributed by atoms with Crippen molar-refractivity contribution in [1.29, 1.82) is 0 Å². The highest BCUT2D eigenvalue weighted by atomic mass is 35.5. The summed E-state index contributed by atoms with van der Waals surface area (Å²) in [5, 5.41) is 0.613. The molecule has 0 N–H and O–H groups in total.